The molecule has 1 unspecified atom stereocenters. The summed E-state index contributed by atoms with van der Waals surface area (Å²) in [6, 6.07) is 7.45. The summed E-state index contributed by atoms with van der Waals surface area (Å²) in [5.74, 6) is 1.47. The van der Waals surface area contributed by atoms with E-state index in [-0.39, 0.29) is 18.2 Å². The molecule has 1 aromatic carbocycles. The lowest BCUT2D eigenvalue weighted by molar-refractivity contribution is 0.0917. The van der Waals surface area contributed by atoms with Crippen LogP contribution < -0.4 is 20.1 Å². The second-order valence-electron chi connectivity index (χ2n) is 4.51. The second kappa shape index (κ2) is 5.62. The molecule has 0 aliphatic carbocycles. The fourth-order valence-electron chi connectivity index (χ4n) is 1.68. The van der Waals surface area contributed by atoms with Crippen molar-refractivity contribution in [2.75, 3.05) is 13.2 Å². The topological polar surface area (TPSA) is 59.6 Å². The van der Waals surface area contributed by atoms with Crippen LogP contribution in [0.4, 0.5) is 4.79 Å². The molecule has 2 N–H and O–H groups in total. The normalized spacial score (nSPS) is 17.4. The van der Waals surface area contributed by atoms with E-state index in [0.29, 0.717) is 13.2 Å². The first-order valence-electron chi connectivity index (χ1n) is 6.08. The lowest BCUT2D eigenvalue weighted by atomic mass is 10.2. The lowest BCUT2D eigenvalue weighted by Crippen LogP contribution is -2.46. The van der Waals surface area contributed by atoms with Crippen molar-refractivity contribution < 1.29 is 14.3 Å². The highest BCUT2D eigenvalue weighted by atomic mass is 16.6. The third kappa shape index (κ3) is 3.29. The molecule has 98 valence electrons. The number of hydrogen-bond acceptors (Lipinski definition) is 3. The Morgan fingerprint density at radius 2 is 2.11 bits per heavy atom. The number of rotatable bonds is 3. The molecule has 1 aliphatic heterocycles. The predicted octanol–water partition coefficient (Wildman–Crippen LogP) is 1.53. The molecule has 18 heavy (non-hydrogen) atoms. The Morgan fingerprint density at radius 1 is 1.39 bits per heavy atom. The number of urea groups is 1. The highest BCUT2D eigenvalue weighted by Gasteiger charge is 2.20. The van der Waals surface area contributed by atoms with Gasteiger partial charge in [-0.1, -0.05) is 12.1 Å². The van der Waals surface area contributed by atoms with Crippen LogP contribution in [0.2, 0.25) is 0 Å². The van der Waals surface area contributed by atoms with Gasteiger partial charge in [-0.2, -0.15) is 0 Å². The number of hydrogen-bond donors (Lipinski definition) is 2. The van der Waals surface area contributed by atoms with E-state index < -0.39 is 0 Å². The van der Waals surface area contributed by atoms with Crippen molar-refractivity contribution >= 4 is 6.03 Å². The van der Waals surface area contributed by atoms with Gasteiger partial charge < -0.3 is 20.1 Å². The predicted molar refractivity (Wildman–Crippen MR) is 68.0 cm³/mol. The van der Waals surface area contributed by atoms with Gasteiger partial charge in [-0.25, -0.2) is 4.79 Å². The molecular formula is C13H18N2O3. The minimum absolute atomic E-state index is 0.120. The van der Waals surface area contributed by atoms with Gasteiger partial charge in [0.2, 0.25) is 0 Å². The SMILES string of the molecule is CC(C)NC(=O)NCC1COc2ccccc2O1. The van der Waals surface area contributed by atoms with E-state index in [0.717, 1.165) is 11.5 Å². The first-order valence-corrected chi connectivity index (χ1v) is 6.08. The molecule has 0 spiro atoms. The minimum atomic E-state index is -0.188. The molecule has 0 fully saturated rings. The molecule has 1 atom stereocenters. The third-order valence-electron chi connectivity index (χ3n) is 2.48. The van der Waals surface area contributed by atoms with Gasteiger partial charge in [0.15, 0.2) is 17.6 Å². The number of benzene rings is 1. The molecule has 0 aromatic heterocycles. The first-order chi connectivity index (χ1) is 8.65. The van der Waals surface area contributed by atoms with Crippen LogP contribution in [0.15, 0.2) is 24.3 Å². The highest BCUT2D eigenvalue weighted by molar-refractivity contribution is 5.74. The van der Waals surface area contributed by atoms with E-state index in [4.69, 9.17) is 9.47 Å². The van der Waals surface area contributed by atoms with Crippen molar-refractivity contribution in [3.8, 4) is 11.5 Å². The number of carbonyl (C=O) groups excluding carboxylic acids is 1. The fraction of sp³-hybridized carbons (Fsp3) is 0.462. The number of para-hydroxylation sites is 2. The summed E-state index contributed by atoms with van der Waals surface area (Å²) in [6.07, 6.45) is -0.155. The summed E-state index contributed by atoms with van der Waals surface area (Å²) in [7, 11) is 0. The van der Waals surface area contributed by atoms with Crippen LogP contribution in [0.25, 0.3) is 0 Å². The van der Waals surface area contributed by atoms with E-state index in [1.165, 1.54) is 0 Å². The summed E-state index contributed by atoms with van der Waals surface area (Å²) < 4.78 is 11.3. The Kier molecular flexibility index (Phi) is 3.92. The highest BCUT2D eigenvalue weighted by Crippen LogP contribution is 2.30. The van der Waals surface area contributed by atoms with Gasteiger partial charge in [0.05, 0.1) is 6.54 Å². The Hall–Kier alpha value is -1.91. The Balaban J connectivity index is 1.81. The second-order valence-corrected chi connectivity index (χ2v) is 4.51. The molecule has 1 heterocycles. The lowest BCUT2D eigenvalue weighted by Gasteiger charge is -2.26. The van der Waals surface area contributed by atoms with Crippen LogP contribution in [-0.4, -0.2) is 31.3 Å². The zero-order chi connectivity index (χ0) is 13.0. The number of nitrogens with one attached hydrogen (secondary N) is 2. The number of fused-ring (bicyclic) bond motifs is 1. The molecule has 0 bridgehead atoms. The van der Waals surface area contributed by atoms with Gasteiger partial charge in [-0.05, 0) is 26.0 Å². The fourth-order valence-corrected chi connectivity index (χ4v) is 1.68. The zero-order valence-corrected chi connectivity index (χ0v) is 10.6. The molecule has 2 rings (SSSR count). The molecule has 1 aliphatic rings. The molecule has 5 heteroatoms. The Labute approximate surface area is 106 Å². The number of carbonyl (C=O) groups is 1. The zero-order valence-electron chi connectivity index (χ0n) is 10.6. The van der Waals surface area contributed by atoms with Crippen molar-refractivity contribution in [1.29, 1.82) is 0 Å². The van der Waals surface area contributed by atoms with Gasteiger partial charge in [0.25, 0.3) is 0 Å². The molecule has 2 amide bonds. The summed E-state index contributed by atoms with van der Waals surface area (Å²) in [5, 5.41) is 5.51. The summed E-state index contributed by atoms with van der Waals surface area (Å²) in [4.78, 5) is 11.4. The first kappa shape index (κ1) is 12.5. The van der Waals surface area contributed by atoms with Gasteiger partial charge >= 0.3 is 6.03 Å². The van der Waals surface area contributed by atoms with Gasteiger partial charge in [-0.3, -0.25) is 0 Å². The van der Waals surface area contributed by atoms with E-state index in [9.17, 15) is 4.79 Å². The van der Waals surface area contributed by atoms with Crippen molar-refractivity contribution in [1.82, 2.24) is 10.6 Å². The van der Waals surface area contributed by atoms with Crippen LogP contribution in [0.1, 0.15) is 13.8 Å². The van der Waals surface area contributed by atoms with Gasteiger partial charge in [0.1, 0.15) is 6.61 Å². The maximum Gasteiger partial charge on any atom is 0.315 e. The van der Waals surface area contributed by atoms with Crippen molar-refractivity contribution in [2.24, 2.45) is 0 Å². The van der Waals surface area contributed by atoms with Gasteiger partial charge in [-0.15, -0.1) is 0 Å². The summed E-state index contributed by atoms with van der Waals surface area (Å²) in [5.41, 5.74) is 0. The van der Waals surface area contributed by atoms with E-state index in [1.807, 2.05) is 38.1 Å². The largest absolute Gasteiger partial charge is 0.486 e. The van der Waals surface area contributed by atoms with Crippen LogP contribution in [0, 0.1) is 0 Å². The van der Waals surface area contributed by atoms with E-state index in [2.05, 4.69) is 10.6 Å². The van der Waals surface area contributed by atoms with Crippen LogP contribution >= 0.6 is 0 Å². The molecule has 1 aromatic rings. The molecule has 0 radical (unpaired) electrons. The third-order valence-corrected chi connectivity index (χ3v) is 2.48. The van der Waals surface area contributed by atoms with Crippen molar-refractivity contribution in [3.63, 3.8) is 0 Å². The Morgan fingerprint density at radius 3 is 2.83 bits per heavy atom. The maximum atomic E-state index is 11.4. The smallest absolute Gasteiger partial charge is 0.315 e. The standard InChI is InChI=1S/C13H18N2O3/c1-9(2)15-13(16)14-7-10-8-17-11-5-3-4-6-12(11)18-10/h3-6,9-10H,7-8H2,1-2H3,(H2,14,15,16). The van der Waals surface area contributed by atoms with Crippen LogP contribution in [0.3, 0.4) is 0 Å². The molecular weight excluding hydrogens is 232 g/mol. The maximum absolute atomic E-state index is 11.4. The molecule has 0 saturated heterocycles. The van der Waals surface area contributed by atoms with Crippen molar-refractivity contribution in [3.05, 3.63) is 24.3 Å². The van der Waals surface area contributed by atoms with Crippen molar-refractivity contribution in [2.45, 2.75) is 26.0 Å². The average Bonchev–Trinajstić information content (AvgIpc) is 2.35. The minimum Gasteiger partial charge on any atom is -0.486 e. The summed E-state index contributed by atoms with van der Waals surface area (Å²) in [6.45, 7) is 4.69. The molecule has 0 saturated carbocycles. The van der Waals surface area contributed by atoms with Crippen LogP contribution in [-0.2, 0) is 0 Å². The van der Waals surface area contributed by atoms with E-state index in [1.54, 1.807) is 0 Å². The van der Waals surface area contributed by atoms with Crippen LogP contribution in [0.5, 0.6) is 11.5 Å². The quantitative estimate of drug-likeness (QED) is 0.855. The number of amides is 2. The Bertz CT molecular complexity index is 420. The van der Waals surface area contributed by atoms with E-state index >= 15 is 0 Å². The number of ether oxygens (including phenoxy) is 2. The monoisotopic (exact) mass is 250 g/mol. The van der Waals surface area contributed by atoms with Gasteiger partial charge in [0, 0.05) is 6.04 Å². The average molecular weight is 250 g/mol. The summed E-state index contributed by atoms with van der Waals surface area (Å²) >= 11 is 0. The molecule has 5 nitrogen and oxygen atoms in total.